The fourth-order valence-electron chi connectivity index (χ4n) is 0.727. The predicted molar refractivity (Wildman–Crippen MR) is 39.0 cm³/mol. The third kappa shape index (κ3) is 4.26. The Hall–Kier alpha value is 0.860. The van der Waals surface area contributed by atoms with Gasteiger partial charge in [-0.15, -0.1) is 0 Å². The Morgan fingerprint density at radius 3 is 2.00 bits per heavy atom. The average Bonchev–Trinajstić information content (AvgIpc) is 2.03. The van der Waals surface area contributed by atoms with Crippen LogP contribution in [0.5, 0.6) is 0 Å². The van der Waals surface area contributed by atoms with Gasteiger partial charge in [0, 0.05) is 0 Å². The molecule has 0 aromatic heterocycles. The molecule has 0 spiro atoms. The van der Waals surface area contributed by atoms with E-state index in [1.165, 1.54) is 12.1 Å². The third-order valence-electron chi connectivity index (χ3n) is 1.32. The van der Waals surface area contributed by atoms with Crippen LogP contribution < -0.4 is 50.8 Å². The van der Waals surface area contributed by atoms with Crippen LogP contribution >= 0.6 is 0 Å². The summed E-state index contributed by atoms with van der Waals surface area (Å²) in [5.74, 6) is 0. The molecule has 0 bridgehead atoms. The molecule has 1 rings (SSSR count). The molecule has 0 atom stereocenters. The topological polar surface area (TPSA) is 57.2 Å². The molecule has 0 aliphatic heterocycles. The summed E-state index contributed by atoms with van der Waals surface area (Å²) in [5.41, 5.74) is 0. The van der Waals surface area contributed by atoms with E-state index in [4.69, 9.17) is 0 Å². The van der Waals surface area contributed by atoms with Crippen molar-refractivity contribution >= 4 is 10.1 Å². The molecular weight excluding hydrogens is 314 g/mol. The molecular formula is C7H7INaO3S-. The van der Waals surface area contributed by atoms with Gasteiger partial charge in [0.15, 0.2) is 0 Å². The summed E-state index contributed by atoms with van der Waals surface area (Å²) >= 11 is -0.0370. The van der Waals surface area contributed by atoms with E-state index in [2.05, 4.69) is 4.93 Å². The van der Waals surface area contributed by atoms with Gasteiger partial charge in [0.05, 0.1) is 0 Å². The van der Waals surface area contributed by atoms with Gasteiger partial charge in [-0.3, -0.25) is 0 Å². The Kier molecular flexibility index (Phi) is 6.05. The zero-order chi connectivity index (χ0) is 9.19. The van der Waals surface area contributed by atoms with E-state index < -0.39 is 10.1 Å². The molecule has 0 saturated carbocycles. The molecule has 0 fully saturated rings. The van der Waals surface area contributed by atoms with Crippen LogP contribution in [0.2, 0.25) is 0 Å². The summed E-state index contributed by atoms with van der Waals surface area (Å²) in [4.78, 5) is 1.92. The first kappa shape index (κ1) is 13.9. The smallest absolute Gasteiger partial charge is 1.00 e. The maximum Gasteiger partial charge on any atom is 1.00 e. The molecule has 0 unspecified atom stereocenters. The van der Waals surface area contributed by atoms with Gasteiger partial charge in [-0.25, -0.2) is 0 Å². The number of halogens is 1. The first-order chi connectivity index (χ1) is 5.54. The monoisotopic (exact) mass is 321 g/mol. The summed E-state index contributed by atoms with van der Waals surface area (Å²) in [6, 6.07) is 6.11. The maximum absolute atomic E-state index is 10.5. The van der Waals surface area contributed by atoms with Crippen LogP contribution in [-0.4, -0.2) is 17.9 Å². The second-order valence-corrected chi connectivity index (χ2v) is 5.80. The maximum atomic E-state index is 10.5. The van der Waals surface area contributed by atoms with E-state index in [-0.39, 0.29) is 55.7 Å². The molecule has 0 heterocycles. The zero-order valence-electron chi connectivity index (χ0n) is 7.32. The van der Waals surface area contributed by atoms with Crippen molar-refractivity contribution in [3.8, 4) is 0 Å². The van der Waals surface area contributed by atoms with E-state index in [0.717, 1.165) is 3.57 Å². The van der Waals surface area contributed by atoms with E-state index in [1.54, 1.807) is 12.1 Å². The second kappa shape index (κ2) is 5.67. The van der Waals surface area contributed by atoms with Crippen LogP contribution in [0.25, 0.3) is 0 Å². The van der Waals surface area contributed by atoms with E-state index in [9.17, 15) is 13.0 Å². The summed E-state index contributed by atoms with van der Waals surface area (Å²) in [6.07, 6.45) is 0. The van der Waals surface area contributed by atoms with Gasteiger partial charge in [-0.1, -0.05) is 0 Å². The Bertz CT molecular complexity index is 360. The van der Waals surface area contributed by atoms with E-state index >= 15 is 0 Å². The van der Waals surface area contributed by atoms with Gasteiger partial charge in [0.25, 0.3) is 0 Å². The minimum absolute atomic E-state index is 0. The summed E-state index contributed by atoms with van der Waals surface area (Å²) in [5, 5.41) is 0. The van der Waals surface area contributed by atoms with Gasteiger partial charge >= 0.3 is 112 Å². The van der Waals surface area contributed by atoms with Crippen molar-refractivity contribution in [1.29, 1.82) is 0 Å². The first-order valence-corrected chi connectivity index (χ1v) is 7.74. The first-order valence-electron chi connectivity index (χ1n) is 3.09. The minimum Gasteiger partial charge on any atom is 1.00 e. The minimum atomic E-state index is -4.27. The molecule has 1 aromatic carbocycles. The molecule has 6 heteroatoms. The fourth-order valence-corrected chi connectivity index (χ4v) is 2.28. The number of alkyl halides is 1. The Balaban J connectivity index is 0.00000144. The Morgan fingerprint density at radius 1 is 1.23 bits per heavy atom. The second-order valence-electron chi connectivity index (χ2n) is 2.10. The molecule has 0 radical (unpaired) electrons. The van der Waals surface area contributed by atoms with E-state index in [1.807, 2.05) is 0 Å². The molecule has 3 nitrogen and oxygen atoms in total. The van der Waals surface area contributed by atoms with Gasteiger partial charge in [-0.2, -0.15) is 0 Å². The number of hydrogen-bond acceptors (Lipinski definition) is 3. The van der Waals surface area contributed by atoms with Gasteiger partial charge in [-0.05, 0) is 0 Å². The largest absolute Gasteiger partial charge is 1.00 e. The van der Waals surface area contributed by atoms with Crippen LogP contribution in [0.1, 0.15) is 0 Å². The third-order valence-corrected chi connectivity index (χ3v) is 4.13. The molecule has 0 N–H and O–H groups in total. The van der Waals surface area contributed by atoms with Crippen molar-refractivity contribution in [2.75, 3.05) is 4.93 Å². The van der Waals surface area contributed by atoms with Gasteiger partial charge in [0.2, 0.25) is 0 Å². The average molecular weight is 321 g/mol. The summed E-state index contributed by atoms with van der Waals surface area (Å²) in [6.45, 7) is 0. The van der Waals surface area contributed by atoms with Crippen molar-refractivity contribution in [3.05, 3.63) is 27.8 Å². The standard InChI is InChI=1S/C7H8IO3S.Na/c1-8-6-2-4-7(5-3-6)12(9,10)11;/h2-5H,1H3,(H,9,10,11);/q-1;+1/p-1. The molecule has 0 amide bonds. The SMILES string of the molecule is C[I-]c1ccc(S(=O)(=O)[O-])cc1.[Na+]. The molecule has 13 heavy (non-hydrogen) atoms. The molecule has 1 aromatic rings. The number of benzene rings is 1. The predicted octanol–water partition coefficient (Wildman–Crippen LogP) is -5.52. The zero-order valence-corrected chi connectivity index (χ0v) is 12.3. The molecule has 0 saturated heterocycles. The number of hydrogen-bond donors (Lipinski definition) is 0. The summed E-state index contributed by atoms with van der Waals surface area (Å²) in [7, 11) is -4.27. The van der Waals surface area contributed by atoms with Crippen molar-refractivity contribution in [2.45, 2.75) is 4.90 Å². The van der Waals surface area contributed by atoms with Crippen LogP contribution in [0, 0.1) is 3.57 Å². The Morgan fingerprint density at radius 2 is 1.69 bits per heavy atom. The fraction of sp³-hybridized carbons (Fsp3) is 0.143. The van der Waals surface area contributed by atoms with Crippen LogP contribution in [-0.2, 0) is 10.1 Å². The Labute approximate surface area is 110 Å². The van der Waals surface area contributed by atoms with E-state index in [0.29, 0.717) is 0 Å². The van der Waals surface area contributed by atoms with Gasteiger partial charge < -0.3 is 0 Å². The van der Waals surface area contributed by atoms with Crippen molar-refractivity contribution in [1.82, 2.24) is 0 Å². The normalized spacial score (nSPS) is 10.9. The van der Waals surface area contributed by atoms with Crippen LogP contribution in [0.4, 0.5) is 0 Å². The quantitative estimate of drug-likeness (QED) is 0.236. The van der Waals surface area contributed by atoms with Crippen LogP contribution in [0.3, 0.4) is 0 Å². The van der Waals surface area contributed by atoms with Crippen molar-refractivity contribution in [3.63, 3.8) is 0 Å². The molecule has 0 aliphatic carbocycles. The molecule has 0 aliphatic rings. The van der Waals surface area contributed by atoms with Crippen molar-refractivity contribution in [2.24, 2.45) is 0 Å². The van der Waals surface area contributed by atoms with Gasteiger partial charge in [0.1, 0.15) is 0 Å². The van der Waals surface area contributed by atoms with Crippen LogP contribution in [0.15, 0.2) is 29.2 Å². The molecule has 68 valence electrons. The summed E-state index contributed by atoms with van der Waals surface area (Å²) < 4.78 is 32.6. The van der Waals surface area contributed by atoms with Crippen molar-refractivity contribution < 1.29 is 63.7 Å². The number of rotatable bonds is 2.